The second-order valence-electron chi connectivity index (χ2n) is 5.49. The monoisotopic (exact) mass is 265 g/mol. The first-order valence-electron chi connectivity index (χ1n) is 7.23. The fraction of sp³-hybridized carbons (Fsp3) is 0.786. The molecule has 5 nitrogen and oxygen atoms in total. The first-order chi connectivity index (χ1) is 9.40. The Morgan fingerprint density at radius 2 is 2.37 bits per heavy atom. The highest BCUT2D eigenvalue weighted by atomic mass is 16.5. The molecule has 1 aromatic heterocycles. The van der Waals surface area contributed by atoms with Gasteiger partial charge in [-0.05, 0) is 19.3 Å². The smallest absolute Gasteiger partial charge is 0.103 e. The van der Waals surface area contributed by atoms with Crippen LogP contribution >= 0.6 is 0 Å². The molecular formula is C14H23N3O2. The minimum atomic E-state index is 0.207. The molecule has 2 atom stereocenters. The highest BCUT2D eigenvalue weighted by molar-refractivity contribution is 5.10. The molecule has 1 saturated carbocycles. The van der Waals surface area contributed by atoms with Gasteiger partial charge >= 0.3 is 0 Å². The van der Waals surface area contributed by atoms with Crippen LogP contribution in [0.3, 0.4) is 0 Å². The van der Waals surface area contributed by atoms with Gasteiger partial charge in [-0.3, -0.25) is 0 Å². The van der Waals surface area contributed by atoms with E-state index < -0.39 is 0 Å². The zero-order chi connectivity index (χ0) is 13.1. The van der Waals surface area contributed by atoms with Gasteiger partial charge in [-0.1, -0.05) is 0 Å². The van der Waals surface area contributed by atoms with Crippen molar-refractivity contribution < 1.29 is 9.47 Å². The average Bonchev–Trinajstić information content (AvgIpc) is 2.98. The maximum atomic E-state index is 5.95. The van der Waals surface area contributed by atoms with Crippen LogP contribution in [0.2, 0.25) is 0 Å². The van der Waals surface area contributed by atoms with Crippen LogP contribution in [0.25, 0.3) is 0 Å². The summed E-state index contributed by atoms with van der Waals surface area (Å²) in [6, 6.07) is 0.670. The van der Waals surface area contributed by atoms with Crippen molar-refractivity contribution in [2.24, 2.45) is 5.92 Å². The van der Waals surface area contributed by atoms with Crippen molar-refractivity contribution in [2.45, 2.75) is 31.4 Å². The van der Waals surface area contributed by atoms with Crippen LogP contribution in [0.1, 0.15) is 37.1 Å². The van der Waals surface area contributed by atoms with Crippen LogP contribution in [0, 0.1) is 5.92 Å². The predicted octanol–water partition coefficient (Wildman–Crippen LogP) is 1.53. The maximum absolute atomic E-state index is 5.95. The van der Waals surface area contributed by atoms with Gasteiger partial charge in [0.05, 0.1) is 24.8 Å². The lowest BCUT2D eigenvalue weighted by Crippen LogP contribution is -2.28. The van der Waals surface area contributed by atoms with Crippen LogP contribution in [-0.2, 0) is 9.47 Å². The van der Waals surface area contributed by atoms with Crippen molar-refractivity contribution in [1.29, 1.82) is 0 Å². The summed E-state index contributed by atoms with van der Waals surface area (Å²) in [6.07, 6.45) is 7.85. The number of nitrogens with one attached hydrogen (secondary N) is 1. The number of nitrogens with zero attached hydrogens (tertiary/aromatic N) is 2. The fourth-order valence-electron chi connectivity index (χ4n) is 2.82. The van der Waals surface area contributed by atoms with Gasteiger partial charge in [0.1, 0.15) is 6.10 Å². The molecule has 1 aliphatic carbocycles. The van der Waals surface area contributed by atoms with Crippen LogP contribution in [0.4, 0.5) is 0 Å². The van der Waals surface area contributed by atoms with E-state index >= 15 is 0 Å². The number of hydrogen-bond acceptors (Lipinski definition) is 4. The van der Waals surface area contributed by atoms with E-state index in [2.05, 4.69) is 14.9 Å². The van der Waals surface area contributed by atoms with Gasteiger partial charge in [0.2, 0.25) is 0 Å². The molecule has 2 aliphatic rings. The third-order valence-electron chi connectivity index (χ3n) is 4.03. The molecule has 0 bridgehead atoms. The van der Waals surface area contributed by atoms with Crippen molar-refractivity contribution in [3.63, 3.8) is 0 Å². The Bertz CT molecular complexity index is 403. The van der Waals surface area contributed by atoms with Gasteiger partial charge in [-0.15, -0.1) is 0 Å². The number of aromatic nitrogens is 2. The van der Waals surface area contributed by atoms with Crippen molar-refractivity contribution >= 4 is 0 Å². The Morgan fingerprint density at radius 3 is 3.16 bits per heavy atom. The largest absolute Gasteiger partial charge is 0.383 e. The summed E-state index contributed by atoms with van der Waals surface area (Å²) in [5.41, 5.74) is 1.26. The van der Waals surface area contributed by atoms with E-state index in [1.165, 1.54) is 18.5 Å². The van der Waals surface area contributed by atoms with Gasteiger partial charge in [0.15, 0.2) is 0 Å². The van der Waals surface area contributed by atoms with Gasteiger partial charge in [0, 0.05) is 38.8 Å². The zero-order valence-corrected chi connectivity index (χ0v) is 11.5. The quantitative estimate of drug-likeness (QED) is 0.760. The molecule has 2 unspecified atom stereocenters. The fourth-order valence-corrected chi connectivity index (χ4v) is 2.82. The Labute approximate surface area is 114 Å². The van der Waals surface area contributed by atoms with Crippen LogP contribution in [-0.4, -0.2) is 43.0 Å². The summed E-state index contributed by atoms with van der Waals surface area (Å²) in [7, 11) is 1.73. The number of imidazole rings is 1. The van der Waals surface area contributed by atoms with E-state index in [1.807, 2.05) is 12.5 Å². The summed E-state index contributed by atoms with van der Waals surface area (Å²) in [6.45, 7) is 3.51. The summed E-state index contributed by atoms with van der Waals surface area (Å²) >= 11 is 0. The molecule has 106 valence electrons. The van der Waals surface area contributed by atoms with Gasteiger partial charge in [-0.25, -0.2) is 4.98 Å². The molecule has 19 heavy (non-hydrogen) atoms. The Balaban J connectivity index is 1.60. The van der Waals surface area contributed by atoms with E-state index in [0.29, 0.717) is 12.0 Å². The molecule has 2 fully saturated rings. The number of ether oxygens (including phenoxy) is 2. The first-order valence-corrected chi connectivity index (χ1v) is 7.23. The third kappa shape index (κ3) is 2.99. The van der Waals surface area contributed by atoms with Gasteiger partial charge in [0.25, 0.3) is 0 Å². The first kappa shape index (κ1) is 13.1. The summed E-state index contributed by atoms with van der Waals surface area (Å²) in [5, 5.41) is 3.45. The minimum Gasteiger partial charge on any atom is -0.383 e. The van der Waals surface area contributed by atoms with E-state index in [4.69, 9.17) is 9.47 Å². The molecule has 1 aliphatic heterocycles. The molecular weight excluding hydrogens is 242 g/mol. The molecule has 1 N–H and O–H groups in total. The minimum absolute atomic E-state index is 0.207. The number of methoxy groups -OCH3 is 1. The van der Waals surface area contributed by atoms with E-state index in [9.17, 15) is 0 Å². The predicted molar refractivity (Wildman–Crippen MR) is 72.0 cm³/mol. The summed E-state index contributed by atoms with van der Waals surface area (Å²) < 4.78 is 13.3. The number of rotatable bonds is 7. The zero-order valence-electron chi connectivity index (χ0n) is 11.5. The average molecular weight is 265 g/mol. The normalized spacial score (nSPS) is 27.0. The second kappa shape index (κ2) is 6.03. The highest BCUT2D eigenvalue weighted by Gasteiger charge is 2.34. The lowest BCUT2D eigenvalue weighted by Gasteiger charge is -2.20. The Kier molecular flexibility index (Phi) is 4.15. The van der Waals surface area contributed by atoms with Gasteiger partial charge in [-0.2, -0.15) is 0 Å². The van der Waals surface area contributed by atoms with E-state index in [1.54, 1.807) is 7.11 Å². The maximum Gasteiger partial charge on any atom is 0.103 e. The van der Waals surface area contributed by atoms with E-state index in [-0.39, 0.29) is 6.10 Å². The lowest BCUT2D eigenvalue weighted by molar-refractivity contribution is 0.0833. The van der Waals surface area contributed by atoms with Crippen LogP contribution in [0.5, 0.6) is 0 Å². The standard InChI is InChI=1S/C14H23N3O2/c1-18-7-5-15-8-11-4-6-19-14(11)13-9-16-10-17(13)12-2-3-12/h9-12,14-15H,2-8H2,1H3. The SMILES string of the molecule is COCCNCC1CCOC1c1cncn1C1CC1. The van der Waals surface area contributed by atoms with Crippen molar-refractivity contribution in [3.05, 3.63) is 18.2 Å². The van der Waals surface area contributed by atoms with Crippen LogP contribution in [0.15, 0.2) is 12.5 Å². The third-order valence-corrected chi connectivity index (χ3v) is 4.03. The van der Waals surface area contributed by atoms with Crippen molar-refractivity contribution in [2.75, 3.05) is 33.4 Å². The molecule has 5 heteroatoms. The van der Waals surface area contributed by atoms with Crippen molar-refractivity contribution in [1.82, 2.24) is 14.9 Å². The highest BCUT2D eigenvalue weighted by Crippen LogP contribution is 2.41. The molecule has 1 saturated heterocycles. The van der Waals surface area contributed by atoms with E-state index in [0.717, 1.165) is 32.7 Å². The van der Waals surface area contributed by atoms with Crippen molar-refractivity contribution in [3.8, 4) is 0 Å². The number of hydrogen-bond donors (Lipinski definition) is 1. The Morgan fingerprint density at radius 1 is 1.47 bits per heavy atom. The molecule has 0 amide bonds. The molecule has 0 spiro atoms. The molecule has 3 rings (SSSR count). The molecule has 0 aromatic carbocycles. The summed E-state index contributed by atoms with van der Waals surface area (Å²) in [5.74, 6) is 0.547. The second-order valence-corrected chi connectivity index (χ2v) is 5.49. The molecule has 1 aromatic rings. The molecule has 0 radical (unpaired) electrons. The Hall–Kier alpha value is -0.910. The molecule has 2 heterocycles. The summed E-state index contributed by atoms with van der Waals surface area (Å²) in [4.78, 5) is 4.31. The topological polar surface area (TPSA) is 48.3 Å². The van der Waals surface area contributed by atoms with Crippen LogP contribution < -0.4 is 5.32 Å². The van der Waals surface area contributed by atoms with Gasteiger partial charge < -0.3 is 19.4 Å². The lowest BCUT2D eigenvalue weighted by atomic mass is 9.99.